The lowest BCUT2D eigenvalue weighted by molar-refractivity contribution is -0.116. The van der Waals surface area contributed by atoms with E-state index in [4.69, 9.17) is 0 Å². The number of carbonyl (C=O) groups is 1. The Morgan fingerprint density at radius 3 is 2.17 bits per heavy atom. The van der Waals surface area contributed by atoms with Gasteiger partial charge in [-0.1, -0.05) is 78.4 Å². The topological polar surface area (TPSA) is 79.4 Å². The van der Waals surface area contributed by atoms with Gasteiger partial charge in [-0.25, -0.2) is 13.4 Å². The molecule has 6 nitrogen and oxygen atoms in total. The third-order valence-electron chi connectivity index (χ3n) is 6.35. The van der Waals surface area contributed by atoms with Crippen LogP contribution >= 0.6 is 11.3 Å². The van der Waals surface area contributed by atoms with Crippen LogP contribution in [0.25, 0.3) is 10.2 Å². The van der Waals surface area contributed by atoms with E-state index < -0.39 is 10.0 Å². The van der Waals surface area contributed by atoms with Gasteiger partial charge in [-0.15, -0.1) is 0 Å². The molecular weight excluding hydrogens is 478 g/mol. The first-order valence-corrected chi connectivity index (χ1v) is 14.1. The predicted octanol–water partition coefficient (Wildman–Crippen LogP) is 5.63. The van der Waals surface area contributed by atoms with E-state index in [9.17, 15) is 13.2 Å². The molecule has 8 heteroatoms. The van der Waals surface area contributed by atoms with Gasteiger partial charge in [0, 0.05) is 25.4 Å². The number of hydrogen-bond acceptors (Lipinski definition) is 5. The van der Waals surface area contributed by atoms with Gasteiger partial charge in [-0.2, -0.15) is 4.31 Å². The van der Waals surface area contributed by atoms with Crippen LogP contribution in [0, 0.1) is 0 Å². The van der Waals surface area contributed by atoms with Crippen LogP contribution in [0.5, 0.6) is 0 Å². The second-order valence-electron chi connectivity index (χ2n) is 8.74. The van der Waals surface area contributed by atoms with Crippen LogP contribution in [0.4, 0.5) is 5.13 Å². The molecular formula is C27H27N3O3S2. The normalized spacial score (nSPS) is 14.9. The molecule has 180 valence electrons. The number of carbonyl (C=O) groups excluding carboxylic acids is 1. The maximum Gasteiger partial charge on any atom is 0.243 e. The van der Waals surface area contributed by atoms with E-state index >= 15 is 0 Å². The fraction of sp³-hybridized carbons (Fsp3) is 0.259. The standard InChI is InChI=1S/C27H27N3O3S2/c31-26(19-23(20-10-4-1-5-11-20)21-12-6-2-7-13-21)29-27-28-24-15-14-22(18-25(24)34-27)35(32,33)30-16-8-3-9-17-30/h1-2,4-7,10-15,18,23H,3,8-9,16-17,19H2,(H,28,29,31). The van der Waals surface area contributed by atoms with E-state index in [1.54, 1.807) is 22.5 Å². The average molecular weight is 506 g/mol. The highest BCUT2D eigenvalue weighted by molar-refractivity contribution is 7.89. The van der Waals surface area contributed by atoms with Crippen molar-refractivity contribution in [3.8, 4) is 0 Å². The molecule has 5 rings (SSSR count). The minimum atomic E-state index is -3.52. The summed E-state index contributed by atoms with van der Waals surface area (Å²) in [6.45, 7) is 1.13. The maximum atomic E-state index is 13.0. The SMILES string of the molecule is O=C(CC(c1ccccc1)c1ccccc1)Nc1nc2ccc(S(=O)(=O)N3CCCCC3)cc2s1. The quantitative estimate of drug-likeness (QED) is 0.353. The zero-order chi connectivity index (χ0) is 24.3. The van der Waals surface area contributed by atoms with E-state index in [1.807, 2.05) is 60.7 Å². The van der Waals surface area contributed by atoms with Crippen molar-refractivity contribution in [2.75, 3.05) is 18.4 Å². The third-order valence-corrected chi connectivity index (χ3v) is 9.18. The molecule has 1 aliphatic heterocycles. The van der Waals surface area contributed by atoms with Gasteiger partial charge < -0.3 is 5.32 Å². The van der Waals surface area contributed by atoms with E-state index in [0.29, 0.717) is 23.7 Å². The molecule has 1 fully saturated rings. The Morgan fingerprint density at radius 1 is 0.914 bits per heavy atom. The summed E-state index contributed by atoms with van der Waals surface area (Å²) in [5.74, 6) is -0.212. The van der Waals surface area contributed by atoms with E-state index in [1.165, 1.54) is 11.3 Å². The number of rotatable bonds is 7. The zero-order valence-corrected chi connectivity index (χ0v) is 20.9. The number of anilines is 1. The number of benzene rings is 3. The number of nitrogens with zero attached hydrogens (tertiary/aromatic N) is 2. The van der Waals surface area contributed by atoms with Crippen LogP contribution in [-0.2, 0) is 14.8 Å². The molecule has 35 heavy (non-hydrogen) atoms. The van der Waals surface area contributed by atoms with Gasteiger partial charge in [-0.05, 0) is 42.2 Å². The molecule has 1 aliphatic rings. The summed E-state index contributed by atoms with van der Waals surface area (Å²) in [4.78, 5) is 17.8. The number of fused-ring (bicyclic) bond motifs is 1. The van der Waals surface area contributed by atoms with Crippen molar-refractivity contribution in [1.82, 2.24) is 9.29 Å². The highest BCUT2D eigenvalue weighted by Crippen LogP contribution is 2.32. The average Bonchev–Trinajstić information content (AvgIpc) is 3.30. The van der Waals surface area contributed by atoms with Gasteiger partial charge in [-0.3, -0.25) is 4.79 Å². The first kappa shape index (κ1) is 23.7. The molecule has 2 heterocycles. The smallest absolute Gasteiger partial charge is 0.243 e. The Balaban J connectivity index is 1.35. The van der Waals surface area contributed by atoms with Gasteiger partial charge in [0.1, 0.15) is 0 Å². The fourth-order valence-corrected chi connectivity index (χ4v) is 7.07. The Kier molecular flexibility index (Phi) is 6.95. The van der Waals surface area contributed by atoms with Crippen molar-refractivity contribution < 1.29 is 13.2 Å². The lowest BCUT2D eigenvalue weighted by Crippen LogP contribution is -2.35. The summed E-state index contributed by atoms with van der Waals surface area (Å²) < 4.78 is 28.4. The molecule has 0 aliphatic carbocycles. The van der Waals surface area contributed by atoms with Crippen molar-refractivity contribution in [3.63, 3.8) is 0 Å². The number of aromatic nitrogens is 1. The maximum absolute atomic E-state index is 13.0. The molecule has 1 amide bonds. The summed E-state index contributed by atoms with van der Waals surface area (Å²) in [7, 11) is -3.52. The highest BCUT2D eigenvalue weighted by atomic mass is 32.2. The lowest BCUT2D eigenvalue weighted by atomic mass is 9.88. The van der Waals surface area contributed by atoms with Gasteiger partial charge >= 0.3 is 0 Å². The van der Waals surface area contributed by atoms with Crippen molar-refractivity contribution >= 4 is 42.6 Å². The molecule has 0 unspecified atom stereocenters. The predicted molar refractivity (Wildman–Crippen MR) is 140 cm³/mol. The summed E-state index contributed by atoms with van der Waals surface area (Å²) in [6, 6.07) is 25.0. The summed E-state index contributed by atoms with van der Waals surface area (Å²) in [5, 5.41) is 3.40. The van der Waals surface area contributed by atoms with Crippen LogP contribution < -0.4 is 5.32 Å². The number of nitrogens with one attached hydrogen (secondary N) is 1. The molecule has 0 radical (unpaired) electrons. The number of sulfonamides is 1. The molecule has 0 spiro atoms. The van der Waals surface area contributed by atoms with Crippen LogP contribution in [0.3, 0.4) is 0 Å². The van der Waals surface area contributed by atoms with Gasteiger partial charge in [0.15, 0.2) is 5.13 Å². The van der Waals surface area contributed by atoms with E-state index in [0.717, 1.165) is 35.1 Å². The van der Waals surface area contributed by atoms with Gasteiger partial charge in [0.2, 0.25) is 15.9 Å². The third kappa shape index (κ3) is 5.29. The molecule has 0 atom stereocenters. The first-order chi connectivity index (χ1) is 17.0. The second kappa shape index (κ2) is 10.3. The summed E-state index contributed by atoms with van der Waals surface area (Å²) in [5.41, 5.74) is 2.82. The molecule has 1 saturated heterocycles. The number of hydrogen-bond donors (Lipinski definition) is 1. The molecule has 4 aromatic rings. The molecule has 1 aromatic heterocycles. The van der Waals surface area contributed by atoms with E-state index in [-0.39, 0.29) is 23.1 Å². The largest absolute Gasteiger partial charge is 0.302 e. The van der Waals surface area contributed by atoms with Crippen molar-refractivity contribution in [3.05, 3.63) is 90.0 Å². The molecule has 1 N–H and O–H groups in total. The number of piperidine rings is 1. The Morgan fingerprint density at radius 2 is 1.54 bits per heavy atom. The first-order valence-electron chi connectivity index (χ1n) is 11.8. The monoisotopic (exact) mass is 505 g/mol. The Bertz CT molecular complexity index is 1370. The Hall–Kier alpha value is -3.07. The minimum absolute atomic E-state index is 0.0759. The summed E-state index contributed by atoms with van der Waals surface area (Å²) >= 11 is 1.30. The molecule has 3 aromatic carbocycles. The lowest BCUT2D eigenvalue weighted by Gasteiger charge is -2.25. The van der Waals surface area contributed by atoms with Crippen LogP contribution in [0.2, 0.25) is 0 Å². The van der Waals surface area contributed by atoms with Crippen molar-refractivity contribution in [2.45, 2.75) is 36.5 Å². The molecule has 0 bridgehead atoms. The Labute approximate surface area is 209 Å². The van der Waals surface area contributed by atoms with E-state index in [2.05, 4.69) is 10.3 Å². The number of amides is 1. The fourth-order valence-electron chi connectivity index (χ4n) is 4.53. The van der Waals surface area contributed by atoms with Crippen LogP contribution in [0.1, 0.15) is 42.7 Å². The second-order valence-corrected chi connectivity index (χ2v) is 11.7. The van der Waals surface area contributed by atoms with Crippen molar-refractivity contribution in [1.29, 1.82) is 0 Å². The number of thiazole rings is 1. The highest BCUT2D eigenvalue weighted by Gasteiger charge is 2.26. The van der Waals surface area contributed by atoms with Gasteiger partial charge in [0.05, 0.1) is 15.1 Å². The van der Waals surface area contributed by atoms with Crippen LogP contribution in [0.15, 0.2) is 83.8 Å². The molecule has 0 saturated carbocycles. The van der Waals surface area contributed by atoms with Crippen LogP contribution in [-0.4, -0.2) is 36.7 Å². The summed E-state index contributed by atoms with van der Waals surface area (Å²) in [6.07, 6.45) is 3.13. The van der Waals surface area contributed by atoms with Gasteiger partial charge in [0.25, 0.3) is 0 Å². The zero-order valence-electron chi connectivity index (χ0n) is 19.3. The minimum Gasteiger partial charge on any atom is -0.302 e. The van der Waals surface area contributed by atoms with Crippen molar-refractivity contribution in [2.24, 2.45) is 0 Å².